The molecule has 0 bridgehead atoms. The fraction of sp³-hybridized carbons (Fsp3) is 0.500. The van der Waals surface area contributed by atoms with E-state index in [1.807, 2.05) is 35.2 Å². The van der Waals surface area contributed by atoms with Crippen molar-refractivity contribution in [2.24, 2.45) is 0 Å². The molecule has 100 valence electrons. The minimum atomic E-state index is 0.233. The van der Waals surface area contributed by atoms with Crippen LogP contribution in [0.15, 0.2) is 35.2 Å². The molecule has 2 nitrogen and oxygen atoms in total. The number of nitrogens with zero attached hydrogens (tertiary/aromatic N) is 1. The summed E-state index contributed by atoms with van der Waals surface area (Å²) in [6, 6.07) is 10.1. The maximum Gasteiger partial charge on any atom is 0.232 e. The molecule has 0 unspecified atom stereocenters. The molecule has 18 heavy (non-hydrogen) atoms. The SMILES string of the molecule is CCCCN(CCBr)C(=O)CSc1ccccc1. The largest absolute Gasteiger partial charge is 0.341 e. The highest BCUT2D eigenvalue weighted by molar-refractivity contribution is 9.09. The van der Waals surface area contributed by atoms with E-state index in [1.165, 1.54) is 0 Å². The van der Waals surface area contributed by atoms with E-state index < -0.39 is 0 Å². The second-order valence-corrected chi connectivity index (χ2v) is 5.87. The van der Waals surface area contributed by atoms with Crippen molar-refractivity contribution in [3.63, 3.8) is 0 Å². The molecule has 0 aliphatic carbocycles. The molecule has 0 N–H and O–H groups in total. The molecule has 1 aromatic carbocycles. The van der Waals surface area contributed by atoms with E-state index in [2.05, 4.69) is 22.9 Å². The van der Waals surface area contributed by atoms with Crippen molar-refractivity contribution < 1.29 is 4.79 Å². The van der Waals surface area contributed by atoms with Crippen LogP contribution in [0.3, 0.4) is 0 Å². The van der Waals surface area contributed by atoms with Gasteiger partial charge in [0.15, 0.2) is 0 Å². The van der Waals surface area contributed by atoms with E-state index in [0.717, 1.165) is 36.2 Å². The molecular formula is C14H20BrNOS. The van der Waals surface area contributed by atoms with Crippen LogP contribution in [0, 0.1) is 0 Å². The molecule has 0 spiro atoms. The van der Waals surface area contributed by atoms with Crippen LogP contribution in [0.2, 0.25) is 0 Å². The Morgan fingerprint density at radius 3 is 2.61 bits per heavy atom. The second-order valence-electron chi connectivity index (χ2n) is 4.03. The predicted octanol–water partition coefficient (Wildman–Crippen LogP) is 3.80. The van der Waals surface area contributed by atoms with Gasteiger partial charge < -0.3 is 4.90 Å². The third-order valence-electron chi connectivity index (χ3n) is 2.59. The molecule has 0 saturated carbocycles. The first-order valence-electron chi connectivity index (χ1n) is 6.29. The summed E-state index contributed by atoms with van der Waals surface area (Å²) >= 11 is 5.02. The van der Waals surface area contributed by atoms with Crippen molar-refractivity contribution in [2.45, 2.75) is 24.7 Å². The van der Waals surface area contributed by atoms with Crippen LogP contribution in [-0.4, -0.2) is 35.0 Å². The number of amides is 1. The lowest BCUT2D eigenvalue weighted by atomic mass is 10.3. The number of hydrogen-bond acceptors (Lipinski definition) is 2. The molecule has 0 atom stereocenters. The van der Waals surface area contributed by atoms with E-state index in [1.54, 1.807) is 11.8 Å². The fourth-order valence-electron chi connectivity index (χ4n) is 1.57. The van der Waals surface area contributed by atoms with Crippen molar-refractivity contribution in [1.29, 1.82) is 0 Å². The average molecular weight is 330 g/mol. The summed E-state index contributed by atoms with van der Waals surface area (Å²) < 4.78 is 0. The van der Waals surface area contributed by atoms with Gasteiger partial charge in [-0.05, 0) is 18.6 Å². The molecule has 0 saturated heterocycles. The molecule has 0 aliphatic rings. The van der Waals surface area contributed by atoms with Crippen molar-refractivity contribution in [1.82, 2.24) is 4.90 Å². The van der Waals surface area contributed by atoms with E-state index in [4.69, 9.17) is 0 Å². The molecule has 0 radical (unpaired) electrons. The summed E-state index contributed by atoms with van der Waals surface area (Å²) in [7, 11) is 0. The highest BCUT2D eigenvalue weighted by Gasteiger charge is 2.12. The van der Waals surface area contributed by atoms with Gasteiger partial charge in [-0.2, -0.15) is 0 Å². The van der Waals surface area contributed by atoms with Gasteiger partial charge in [-0.3, -0.25) is 4.79 Å². The van der Waals surface area contributed by atoms with Gasteiger partial charge in [0.05, 0.1) is 5.75 Å². The first kappa shape index (κ1) is 15.6. The van der Waals surface area contributed by atoms with Gasteiger partial charge in [0.2, 0.25) is 5.91 Å². The van der Waals surface area contributed by atoms with Crippen molar-refractivity contribution in [2.75, 3.05) is 24.2 Å². The predicted molar refractivity (Wildman–Crippen MR) is 82.4 cm³/mol. The summed E-state index contributed by atoms with van der Waals surface area (Å²) in [4.78, 5) is 15.2. The zero-order valence-corrected chi connectivity index (χ0v) is 13.2. The number of carbonyl (C=O) groups excluding carboxylic acids is 1. The summed E-state index contributed by atoms with van der Waals surface area (Å²) in [6.45, 7) is 3.82. The molecule has 0 heterocycles. The lowest BCUT2D eigenvalue weighted by Crippen LogP contribution is -2.34. The van der Waals surface area contributed by atoms with Gasteiger partial charge in [-0.25, -0.2) is 0 Å². The van der Waals surface area contributed by atoms with Crippen LogP contribution in [0.5, 0.6) is 0 Å². The Balaban J connectivity index is 2.40. The Labute approximate surface area is 122 Å². The summed E-state index contributed by atoms with van der Waals surface area (Å²) in [5, 5.41) is 0.846. The number of halogens is 1. The van der Waals surface area contributed by atoms with E-state index in [0.29, 0.717) is 5.75 Å². The molecule has 1 aromatic rings. The monoisotopic (exact) mass is 329 g/mol. The number of thioether (sulfide) groups is 1. The third kappa shape index (κ3) is 5.91. The molecular weight excluding hydrogens is 310 g/mol. The molecule has 1 amide bonds. The topological polar surface area (TPSA) is 20.3 Å². The van der Waals surface area contributed by atoms with Crippen LogP contribution in [0.4, 0.5) is 0 Å². The van der Waals surface area contributed by atoms with Crippen LogP contribution in [0.1, 0.15) is 19.8 Å². The fourth-order valence-corrected chi connectivity index (χ4v) is 2.82. The van der Waals surface area contributed by atoms with Crippen LogP contribution < -0.4 is 0 Å². The first-order valence-corrected chi connectivity index (χ1v) is 8.40. The van der Waals surface area contributed by atoms with Crippen LogP contribution >= 0.6 is 27.7 Å². The maximum absolute atomic E-state index is 12.1. The third-order valence-corrected chi connectivity index (χ3v) is 3.95. The van der Waals surface area contributed by atoms with Gasteiger partial charge in [0.1, 0.15) is 0 Å². The van der Waals surface area contributed by atoms with Gasteiger partial charge in [-0.15, -0.1) is 11.8 Å². The lowest BCUT2D eigenvalue weighted by molar-refractivity contribution is -0.128. The number of alkyl halides is 1. The molecule has 1 rings (SSSR count). The van der Waals surface area contributed by atoms with Gasteiger partial charge in [-0.1, -0.05) is 47.5 Å². The normalized spacial score (nSPS) is 10.3. The Morgan fingerprint density at radius 1 is 1.28 bits per heavy atom. The van der Waals surface area contributed by atoms with Crippen molar-refractivity contribution in [3.8, 4) is 0 Å². The highest BCUT2D eigenvalue weighted by atomic mass is 79.9. The first-order chi connectivity index (χ1) is 8.77. The van der Waals surface area contributed by atoms with E-state index in [-0.39, 0.29) is 5.91 Å². The van der Waals surface area contributed by atoms with E-state index >= 15 is 0 Å². The van der Waals surface area contributed by atoms with Crippen LogP contribution in [0.25, 0.3) is 0 Å². The lowest BCUT2D eigenvalue weighted by Gasteiger charge is -2.21. The van der Waals surface area contributed by atoms with Gasteiger partial charge in [0, 0.05) is 23.3 Å². The summed E-state index contributed by atoms with van der Waals surface area (Å²) in [5.74, 6) is 0.762. The summed E-state index contributed by atoms with van der Waals surface area (Å²) in [5.41, 5.74) is 0. The van der Waals surface area contributed by atoms with Crippen LogP contribution in [-0.2, 0) is 4.79 Å². The Bertz CT molecular complexity index is 345. The summed E-state index contributed by atoms with van der Waals surface area (Å²) in [6.07, 6.45) is 2.20. The average Bonchev–Trinajstić information content (AvgIpc) is 2.42. The second kappa shape index (κ2) is 9.45. The highest BCUT2D eigenvalue weighted by Crippen LogP contribution is 2.17. The van der Waals surface area contributed by atoms with Crippen molar-refractivity contribution in [3.05, 3.63) is 30.3 Å². The number of hydrogen-bond donors (Lipinski definition) is 0. The number of unbranched alkanes of at least 4 members (excludes halogenated alkanes) is 1. The Kier molecular flexibility index (Phi) is 8.18. The van der Waals surface area contributed by atoms with E-state index in [9.17, 15) is 4.79 Å². The van der Waals surface area contributed by atoms with Crippen molar-refractivity contribution >= 4 is 33.6 Å². The Morgan fingerprint density at radius 2 is 2.00 bits per heavy atom. The number of carbonyl (C=O) groups is 1. The molecule has 0 aromatic heterocycles. The maximum atomic E-state index is 12.1. The molecule has 0 fully saturated rings. The minimum Gasteiger partial charge on any atom is -0.341 e. The zero-order chi connectivity index (χ0) is 13.2. The van der Waals surface area contributed by atoms with Gasteiger partial charge in [0.25, 0.3) is 0 Å². The quantitative estimate of drug-likeness (QED) is 0.534. The molecule has 0 aliphatic heterocycles. The Hall–Kier alpha value is -0.480. The van der Waals surface area contributed by atoms with Gasteiger partial charge >= 0.3 is 0 Å². The zero-order valence-electron chi connectivity index (χ0n) is 10.8. The minimum absolute atomic E-state index is 0.233. The number of benzene rings is 1. The smallest absolute Gasteiger partial charge is 0.232 e. The molecule has 4 heteroatoms. The number of rotatable bonds is 8. The standard InChI is InChI=1S/C14H20BrNOS/c1-2-3-10-16(11-9-15)14(17)12-18-13-7-5-4-6-8-13/h4-8H,2-3,9-12H2,1H3.